The third-order valence-corrected chi connectivity index (χ3v) is 5.17. The Bertz CT molecular complexity index is 552. The van der Waals surface area contributed by atoms with Crippen LogP contribution in [-0.2, 0) is 0 Å². The molecule has 0 aromatic heterocycles. The van der Waals surface area contributed by atoms with Gasteiger partial charge < -0.3 is 25.1 Å². The summed E-state index contributed by atoms with van der Waals surface area (Å²) in [5, 5.41) is 13.0. The number of benzene rings is 1. The number of rotatable bonds is 5. The number of carbonyl (C=O) groups excluding carboxylic acids is 1. The van der Waals surface area contributed by atoms with Gasteiger partial charge in [-0.25, -0.2) is 4.79 Å². The average Bonchev–Trinajstić information content (AvgIpc) is 2.66. The van der Waals surface area contributed by atoms with Crippen LogP contribution < -0.4 is 10.2 Å². The molecular formula is C19H30N4O2. The minimum absolute atomic E-state index is 0.0376. The Morgan fingerprint density at radius 2 is 1.72 bits per heavy atom. The molecule has 2 aliphatic rings. The SMILES string of the molecule is O=C(NCCCN1CCCCC1)N1CCN(c2ccccc2O)CC1. The van der Waals surface area contributed by atoms with E-state index in [-0.39, 0.29) is 6.03 Å². The number of phenolic OH excluding ortho intramolecular Hbond substituents is 1. The summed E-state index contributed by atoms with van der Waals surface area (Å²) in [5.41, 5.74) is 0.851. The minimum atomic E-state index is 0.0376. The topological polar surface area (TPSA) is 59.1 Å². The number of carbonyl (C=O) groups is 1. The summed E-state index contributed by atoms with van der Waals surface area (Å²) in [5.74, 6) is 0.304. The first-order chi connectivity index (χ1) is 12.2. The number of likely N-dealkylation sites (tertiary alicyclic amines) is 1. The highest BCUT2D eigenvalue weighted by atomic mass is 16.3. The van der Waals surface area contributed by atoms with Gasteiger partial charge in [-0.1, -0.05) is 18.6 Å². The van der Waals surface area contributed by atoms with Crippen molar-refractivity contribution in [2.24, 2.45) is 0 Å². The second-order valence-electron chi connectivity index (χ2n) is 6.95. The van der Waals surface area contributed by atoms with Crippen molar-refractivity contribution in [2.45, 2.75) is 25.7 Å². The minimum Gasteiger partial charge on any atom is -0.506 e. The van der Waals surface area contributed by atoms with E-state index in [1.807, 2.05) is 23.1 Å². The third-order valence-electron chi connectivity index (χ3n) is 5.17. The summed E-state index contributed by atoms with van der Waals surface area (Å²) in [7, 11) is 0. The number of piperazine rings is 1. The van der Waals surface area contributed by atoms with Crippen LogP contribution in [0.25, 0.3) is 0 Å². The Morgan fingerprint density at radius 1 is 1.00 bits per heavy atom. The maximum absolute atomic E-state index is 12.3. The van der Waals surface area contributed by atoms with Gasteiger partial charge in [-0.2, -0.15) is 0 Å². The number of amides is 2. The molecule has 2 fully saturated rings. The quantitative estimate of drug-likeness (QED) is 0.802. The average molecular weight is 346 g/mol. The smallest absolute Gasteiger partial charge is 0.317 e. The maximum Gasteiger partial charge on any atom is 0.317 e. The number of hydrogen-bond donors (Lipinski definition) is 2. The van der Waals surface area contributed by atoms with E-state index >= 15 is 0 Å². The fraction of sp³-hybridized carbons (Fsp3) is 0.632. The van der Waals surface area contributed by atoms with Gasteiger partial charge in [0.2, 0.25) is 0 Å². The zero-order valence-electron chi connectivity index (χ0n) is 15.0. The van der Waals surface area contributed by atoms with E-state index in [0.29, 0.717) is 18.8 Å². The zero-order chi connectivity index (χ0) is 17.5. The second-order valence-corrected chi connectivity index (χ2v) is 6.95. The lowest BCUT2D eigenvalue weighted by molar-refractivity contribution is 0.191. The number of piperidine rings is 1. The summed E-state index contributed by atoms with van der Waals surface area (Å²) in [4.78, 5) is 18.8. The van der Waals surface area contributed by atoms with Gasteiger partial charge in [0.25, 0.3) is 0 Å². The largest absolute Gasteiger partial charge is 0.506 e. The number of nitrogens with zero attached hydrogens (tertiary/aromatic N) is 3. The van der Waals surface area contributed by atoms with E-state index in [0.717, 1.165) is 38.3 Å². The molecule has 2 aliphatic heterocycles. The number of urea groups is 1. The van der Waals surface area contributed by atoms with Crippen molar-refractivity contribution in [1.29, 1.82) is 0 Å². The van der Waals surface area contributed by atoms with Crippen LogP contribution in [0, 0.1) is 0 Å². The summed E-state index contributed by atoms with van der Waals surface area (Å²) in [6.45, 7) is 7.12. The van der Waals surface area contributed by atoms with Crippen molar-refractivity contribution in [2.75, 3.05) is 57.3 Å². The molecule has 3 rings (SSSR count). The van der Waals surface area contributed by atoms with Gasteiger partial charge in [0.1, 0.15) is 5.75 Å². The highest BCUT2D eigenvalue weighted by Crippen LogP contribution is 2.27. The Kier molecular flexibility index (Phi) is 6.39. The van der Waals surface area contributed by atoms with Crippen LogP contribution in [0.3, 0.4) is 0 Å². The summed E-state index contributed by atoms with van der Waals surface area (Å²) >= 11 is 0. The number of phenols is 1. The molecule has 0 unspecified atom stereocenters. The Labute approximate surface area is 150 Å². The molecule has 0 saturated carbocycles. The molecule has 2 saturated heterocycles. The maximum atomic E-state index is 12.3. The van der Waals surface area contributed by atoms with Crippen molar-refractivity contribution < 1.29 is 9.90 Å². The zero-order valence-corrected chi connectivity index (χ0v) is 15.0. The predicted molar refractivity (Wildman–Crippen MR) is 100 cm³/mol. The van der Waals surface area contributed by atoms with E-state index in [1.165, 1.54) is 32.4 Å². The lowest BCUT2D eigenvalue weighted by atomic mass is 10.1. The Balaban J connectivity index is 1.35. The van der Waals surface area contributed by atoms with Crippen molar-refractivity contribution >= 4 is 11.7 Å². The molecule has 0 spiro atoms. The fourth-order valence-corrected chi connectivity index (χ4v) is 3.67. The van der Waals surface area contributed by atoms with Gasteiger partial charge in [-0.15, -0.1) is 0 Å². The van der Waals surface area contributed by atoms with Crippen LogP contribution in [0.1, 0.15) is 25.7 Å². The first kappa shape index (κ1) is 17.9. The van der Waals surface area contributed by atoms with E-state index in [4.69, 9.17) is 0 Å². The summed E-state index contributed by atoms with van der Waals surface area (Å²) < 4.78 is 0. The van der Waals surface area contributed by atoms with Crippen LogP contribution >= 0.6 is 0 Å². The summed E-state index contributed by atoms with van der Waals surface area (Å²) in [6.07, 6.45) is 5.00. The van der Waals surface area contributed by atoms with Crippen molar-refractivity contribution in [3.05, 3.63) is 24.3 Å². The van der Waals surface area contributed by atoms with Gasteiger partial charge in [0.15, 0.2) is 0 Å². The lowest BCUT2D eigenvalue weighted by Gasteiger charge is -2.36. The third kappa shape index (κ3) is 5.01. The molecule has 1 aromatic rings. The van der Waals surface area contributed by atoms with E-state index in [2.05, 4.69) is 15.1 Å². The molecule has 0 bridgehead atoms. The Morgan fingerprint density at radius 3 is 2.44 bits per heavy atom. The van der Waals surface area contributed by atoms with Crippen LogP contribution in [0.15, 0.2) is 24.3 Å². The van der Waals surface area contributed by atoms with Gasteiger partial charge in [0, 0.05) is 32.7 Å². The van der Waals surface area contributed by atoms with Crippen molar-refractivity contribution in [3.63, 3.8) is 0 Å². The molecule has 0 aliphatic carbocycles. The second kappa shape index (κ2) is 8.94. The molecule has 0 radical (unpaired) electrons. The number of nitrogens with one attached hydrogen (secondary N) is 1. The van der Waals surface area contributed by atoms with E-state index in [1.54, 1.807) is 6.07 Å². The van der Waals surface area contributed by atoms with Crippen LogP contribution in [0.5, 0.6) is 5.75 Å². The van der Waals surface area contributed by atoms with Gasteiger partial charge in [-0.3, -0.25) is 0 Å². The fourth-order valence-electron chi connectivity index (χ4n) is 3.67. The summed E-state index contributed by atoms with van der Waals surface area (Å²) in [6, 6.07) is 7.42. The van der Waals surface area contributed by atoms with Crippen molar-refractivity contribution in [3.8, 4) is 5.75 Å². The molecule has 6 nitrogen and oxygen atoms in total. The highest BCUT2D eigenvalue weighted by Gasteiger charge is 2.22. The van der Waals surface area contributed by atoms with Crippen LogP contribution in [-0.4, -0.2) is 73.3 Å². The number of hydrogen-bond acceptors (Lipinski definition) is 4. The van der Waals surface area contributed by atoms with Gasteiger partial charge >= 0.3 is 6.03 Å². The normalized spacial score (nSPS) is 19.0. The first-order valence-corrected chi connectivity index (χ1v) is 9.52. The molecular weight excluding hydrogens is 316 g/mol. The number of anilines is 1. The van der Waals surface area contributed by atoms with Crippen molar-refractivity contribution in [1.82, 2.24) is 15.1 Å². The predicted octanol–water partition coefficient (Wildman–Crippen LogP) is 2.10. The van der Waals surface area contributed by atoms with Crippen LogP contribution in [0.4, 0.5) is 10.5 Å². The van der Waals surface area contributed by atoms with E-state index < -0.39 is 0 Å². The lowest BCUT2D eigenvalue weighted by Crippen LogP contribution is -2.52. The molecule has 0 atom stereocenters. The first-order valence-electron chi connectivity index (χ1n) is 9.52. The number of para-hydroxylation sites is 2. The Hall–Kier alpha value is -1.95. The van der Waals surface area contributed by atoms with Gasteiger partial charge in [-0.05, 0) is 51.0 Å². The molecule has 2 amide bonds. The highest BCUT2D eigenvalue weighted by molar-refractivity contribution is 5.74. The monoisotopic (exact) mass is 346 g/mol. The molecule has 2 N–H and O–H groups in total. The molecule has 6 heteroatoms. The molecule has 25 heavy (non-hydrogen) atoms. The molecule has 1 aromatic carbocycles. The molecule has 138 valence electrons. The van der Waals surface area contributed by atoms with Gasteiger partial charge in [0.05, 0.1) is 5.69 Å². The van der Waals surface area contributed by atoms with Crippen LogP contribution in [0.2, 0.25) is 0 Å². The van der Waals surface area contributed by atoms with E-state index in [9.17, 15) is 9.90 Å². The number of aromatic hydroxyl groups is 1. The standard InChI is InChI=1S/C19H30N4O2/c24-18-8-3-2-7-17(18)22-13-15-23(16-14-22)19(25)20-9-6-12-21-10-4-1-5-11-21/h2-3,7-8,24H,1,4-6,9-16H2,(H,20,25). The molecule has 2 heterocycles.